The van der Waals surface area contributed by atoms with Gasteiger partial charge in [0.25, 0.3) is 5.91 Å². The molecule has 170 valence electrons. The van der Waals surface area contributed by atoms with Gasteiger partial charge >= 0.3 is 6.03 Å². The number of piperazine rings is 1. The zero-order chi connectivity index (χ0) is 23.0. The Morgan fingerprint density at radius 3 is 2.38 bits per heavy atom. The third-order valence-corrected chi connectivity index (χ3v) is 8.23. The fraction of sp³-hybridized carbons (Fsp3) is 0.409. The first-order valence-corrected chi connectivity index (χ1v) is 12.1. The van der Waals surface area contributed by atoms with E-state index < -0.39 is 33.3 Å². The number of sulfonamides is 1. The van der Waals surface area contributed by atoms with Crippen LogP contribution < -0.4 is 10.2 Å². The fourth-order valence-electron chi connectivity index (χ4n) is 4.09. The highest BCUT2D eigenvalue weighted by Crippen LogP contribution is 2.29. The highest BCUT2D eigenvalue weighted by Gasteiger charge is 2.41. The van der Waals surface area contributed by atoms with Crippen molar-refractivity contribution in [2.75, 3.05) is 31.1 Å². The first kappa shape index (κ1) is 22.2. The van der Waals surface area contributed by atoms with Crippen LogP contribution in [0.1, 0.15) is 20.3 Å². The summed E-state index contributed by atoms with van der Waals surface area (Å²) in [6.07, 6.45) is -0.164. The molecule has 0 bridgehead atoms. The van der Waals surface area contributed by atoms with Crippen molar-refractivity contribution in [3.05, 3.63) is 42.5 Å². The summed E-state index contributed by atoms with van der Waals surface area (Å²) in [5, 5.41) is 3.77. The molecule has 0 aromatic heterocycles. The normalized spacial score (nSPS) is 20.3. The standard InChI is InChI=1S/C22H26N4O5S/c1-15(2)32(30,31)25-12-10-24(11-13-25)20(27)14-18-21(28)26(22(29)23-18)19-9-5-7-16-6-3-4-8-17(16)19/h3-9,15,18H,10-14H2,1-2H3,(H,23,29)/t18-/m1/s1. The second-order valence-electron chi connectivity index (χ2n) is 8.25. The summed E-state index contributed by atoms with van der Waals surface area (Å²) in [7, 11) is -3.37. The number of hydrogen-bond acceptors (Lipinski definition) is 5. The second-order valence-corrected chi connectivity index (χ2v) is 10.7. The summed E-state index contributed by atoms with van der Waals surface area (Å²) in [6, 6.07) is 11.3. The van der Waals surface area contributed by atoms with Crippen LogP contribution in [0.15, 0.2) is 42.5 Å². The molecule has 2 aromatic rings. The average molecular weight is 459 g/mol. The van der Waals surface area contributed by atoms with Gasteiger partial charge in [0, 0.05) is 31.6 Å². The lowest BCUT2D eigenvalue weighted by Gasteiger charge is -2.35. The van der Waals surface area contributed by atoms with Gasteiger partial charge in [-0.05, 0) is 25.3 Å². The number of amides is 4. The van der Waals surface area contributed by atoms with Crippen LogP contribution in [0.25, 0.3) is 10.8 Å². The van der Waals surface area contributed by atoms with Crippen molar-refractivity contribution in [1.82, 2.24) is 14.5 Å². The van der Waals surface area contributed by atoms with Gasteiger partial charge in [-0.3, -0.25) is 9.59 Å². The molecule has 2 aliphatic heterocycles. The molecule has 0 saturated carbocycles. The molecule has 1 N–H and O–H groups in total. The molecule has 0 spiro atoms. The lowest BCUT2D eigenvalue weighted by molar-refractivity contribution is -0.134. The molecule has 1 atom stereocenters. The Balaban J connectivity index is 1.43. The van der Waals surface area contributed by atoms with Gasteiger partial charge in [0.15, 0.2) is 0 Å². The number of carbonyl (C=O) groups is 3. The molecule has 9 nitrogen and oxygen atoms in total. The molecule has 0 aliphatic carbocycles. The first-order chi connectivity index (χ1) is 15.2. The van der Waals surface area contributed by atoms with Gasteiger partial charge in [0.2, 0.25) is 15.9 Å². The lowest BCUT2D eigenvalue weighted by atomic mass is 10.1. The van der Waals surface area contributed by atoms with E-state index in [1.807, 2.05) is 30.3 Å². The van der Waals surface area contributed by atoms with Crippen LogP contribution in [0.3, 0.4) is 0 Å². The Kier molecular flexibility index (Phi) is 5.91. The molecule has 2 heterocycles. The number of nitrogens with zero attached hydrogens (tertiary/aromatic N) is 3. The van der Waals surface area contributed by atoms with Crippen LogP contribution in [-0.2, 0) is 19.6 Å². The largest absolute Gasteiger partial charge is 0.340 e. The maximum Gasteiger partial charge on any atom is 0.329 e. The van der Waals surface area contributed by atoms with Gasteiger partial charge in [-0.25, -0.2) is 18.1 Å². The van der Waals surface area contributed by atoms with Gasteiger partial charge in [-0.2, -0.15) is 4.31 Å². The van der Waals surface area contributed by atoms with Crippen molar-refractivity contribution in [1.29, 1.82) is 0 Å². The Hall–Kier alpha value is -2.98. The second kappa shape index (κ2) is 8.51. The molecule has 32 heavy (non-hydrogen) atoms. The summed E-state index contributed by atoms with van der Waals surface area (Å²) < 4.78 is 26.0. The molecule has 4 amide bonds. The highest BCUT2D eigenvalue weighted by molar-refractivity contribution is 7.89. The number of urea groups is 1. The number of benzene rings is 2. The van der Waals surface area contributed by atoms with Crippen molar-refractivity contribution in [2.24, 2.45) is 0 Å². The van der Waals surface area contributed by atoms with Crippen molar-refractivity contribution < 1.29 is 22.8 Å². The minimum atomic E-state index is -3.37. The lowest BCUT2D eigenvalue weighted by Crippen LogP contribution is -2.52. The third kappa shape index (κ3) is 3.95. The topological polar surface area (TPSA) is 107 Å². The number of fused-ring (bicyclic) bond motifs is 1. The molecule has 0 unspecified atom stereocenters. The van der Waals surface area contributed by atoms with E-state index in [0.29, 0.717) is 5.69 Å². The molecule has 2 saturated heterocycles. The Labute approximate surface area is 187 Å². The summed E-state index contributed by atoms with van der Waals surface area (Å²) in [4.78, 5) is 41.1. The molecule has 0 radical (unpaired) electrons. The van der Waals surface area contributed by atoms with E-state index in [1.165, 1.54) is 4.31 Å². The van der Waals surface area contributed by atoms with Gasteiger partial charge in [0.05, 0.1) is 17.4 Å². The maximum atomic E-state index is 13.0. The van der Waals surface area contributed by atoms with E-state index in [4.69, 9.17) is 0 Å². The minimum Gasteiger partial charge on any atom is -0.340 e. The van der Waals surface area contributed by atoms with Crippen molar-refractivity contribution in [2.45, 2.75) is 31.6 Å². The van der Waals surface area contributed by atoms with E-state index in [2.05, 4.69) is 5.32 Å². The van der Waals surface area contributed by atoms with Crippen molar-refractivity contribution in [3.8, 4) is 0 Å². The van der Waals surface area contributed by atoms with E-state index in [0.717, 1.165) is 15.7 Å². The maximum absolute atomic E-state index is 13.0. The van der Waals surface area contributed by atoms with Crippen molar-refractivity contribution >= 4 is 44.3 Å². The zero-order valence-corrected chi connectivity index (χ0v) is 18.8. The monoisotopic (exact) mass is 458 g/mol. The van der Waals surface area contributed by atoms with Gasteiger partial charge in [0.1, 0.15) is 6.04 Å². The third-order valence-electron chi connectivity index (χ3n) is 5.95. The van der Waals surface area contributed by atoms with Crippen LogP contribution >= 0.6 is 0 Å². The molecule has 2 aromatic carbocycles. The quantitative estimate of drug-likeness (QED) is 0.684. The van der Waals surface area contributed by atoms with E-state index in [-0.39, 0.29) is 38.5 Å². The van der Waals surface area contributed by atoms with Crippen molar-refractivity contribution in [3.63, 3.8) is 0 Å². The summed E-state index contributed by atoms with van der Waals surface area (Å²) >= 11 is 0. The molecule has 10 heteroatoms. The van der Waals surface area contributed by atoms with Crippen LogP contribution in [0, 0.1) is 0 Å². The summed E-state index contributed by atoms with van der Waals surface area (Å²) in [5.74, 6) is -0.759. The number of hydrogen-bond donors (Lipinski definition) is 1. The van der Waals surface area contributed by atoms with E-state index in [9.17, 15) is 22.8 Å². The Morgan fingerprint density at radius 1 is 1.03 bits per heavy atom. The van der Waals surface area contributed by atoms with Gasteiger partial charge < -0.3 is 10.2 Å². The SMILES string of the molecule is CC(C)S(=O)(=O)N1CCN(C(=O)C[C@H]2NC(=O)N(c3cccc4ccccc34)C2=O)CC1. The van der Waals surface area contributed by atoms with Crippen LogP contribution in [-0.4, -0.2) is 72.9 Å². The molecular weight excluding hydrogens is 432 g/mol. The summed E-state index contributed by atoms with van der Waals surface area (Å²) in [5.41, 5.74) is 0.480. The molecular formula is C22H26N4O5S. The van der Waals surface area contributed by atoms with Crippen LogP contribution in [0.2, 0.25) is 0 Å². The van der Waals surface area contributed by atoms with E-state index in [1.54, 1.807) is 30.9 Å². The number of imide groups is 1. The predicted octanol–water partition coefficient (Wildman–Crippen LogP) is 1.54. The summed E-state index contributed by atoms with van der Waals surface area (Å²) in [6.45, 7) is 4.21. The zero-order valence-electron chi connectivity index (χ0n) is 18.0. The van der Waals surface area contributed by atoms with E-state index >= 15 is 0 Å². The van der Waals surface area contributed by atoms with Crippen LogP contribution in [0.5, 0.6) is 0 Å². The van der Waals surface area contributed by atoms with Gasteiger partial charge in [-0.1, -0.05) is 36.4 Å². The number of anilines is 1. The molecule has 4 rings (SSSR count). The molecule has 2 aliphatic rings. The number of carbonyl (C=O) groups excluding carboxylic acids is 3. The molecule has 2 fully saturated rings. The predicted molar refractivity (Wildman–Crippen MR) is 121 cm³/mol. The first-order valence-electron chi connectivity index (χ1n) is 10.6. The fourth-order valence-corrected chi connectivity index (χ4v) is 5.36. The Morgan fingerprint density at radius 2 is 1.69 bits per heavy atom. The average Bonchev–Trinajstić information content (AvgIpc) is 3.05. The van der Waals surface area contributed by atoms with Crippen LogP contribution in [0.4, 0.5) is 10.5 Å². The highest BCUT2D eigenvalue weighted by atomic mass is 32.2. The minimum absolute atomic E-state index is 0.164. The smallest absolute Gasteiger partial charge is 0.329 e. The van der Waals surface area contributed by atoms with Gasteiger partial charge in [-0.15, -0.1) is 0 Å². The Bertz CT molecular complexity index is 1170. The number of rotatable bonds is 5. The number of nitrogens with one attached hydrogen (secondary N) is 1.